The Morgan fingerprint density at radius 3 is 1.40 bits per heavy atom. The van der Waals surface area contributed by atoms with Gasteiger partial charge >= 0.3 is 19.1 Å². The third kappa shape index (κ3) is 21.3. The van der Waals surface area contributed by atoms with Gasteiger partial charge in [-0.1, -0.05) is 51.0 Å². The molecular formula is C83H105ClF6N12O19S2. The van der Waals surface area contributed by atoms with Crippen molar-refractivity contribution >= 4 is 88.9 Å². The second kappa shape index (κ2) is 38.5. The summed E-state index contributed by atoms with van der Waals surface area (Å²) in [4.78, 5) is 121. The highest BCUT2D eigenvalue weighted by atomic mass is 35.5. The Morgan fingerprint density at radius 2 is 1.01 bits per heavy atom. The Hall–Kier alpha value is -10.2. The lowest BCUT2D eigenvalue weighted by atomic mass is 9.91. The number of carbonyl (C=O) groups excluding carboxylic acids is 7. The summed E-state index contributed by atoms with van der Waals surface area (Å²) in [5, 5.41) is 18.5. The molecule has 4 aromatic heterocycles. The number of hydrogen-bond acceptors (Lipinski definition) is 22. The van der Waals surface area contributed by atoms with Crippen LogP contribution < -0.4 is 61.3 Å². The number of amides is 5. The van der Waals surface area contributed by atoms with Crippen LogP contribution in [0.25, 0.3) is 21.8 Å². The Morgan fingerprint density at radius 1 is 0.593 bits per heavy atom. The highest BCUT2D eigenvalue weighted by Crippen LogP contribution is 2.59. The Bertz CT molecular complexity index is 5260. The number of sulfonamides is 2. The van der Waals surface area contributed by atoms with Gasteiger partial charge < -0.3 is 66.8 Å². The maximum absolute atomic E-state index is 14.9. The van der Waals surface area contributed by atoms with Gasteiger partial charge in [-0.3, -0.25) is 43.0 Å². The Labute approximate surface area is 714 Å². The topological polar surface area (TPSA) is 412 Å². The van der Waals surface area contributed by atoms with Crippen molar-refractivity contribution in [3.05, 3.63) is 108 Å². The molecule has 10 atom stereocenters. The second-order valence-corrected chi connectivity index (χ2v) is 37.6. The molecule has 2 aromatic carbocycles. The van der Waals surface area contributed by atoms with E-state index in [1.807, 2.05) is 38.2 Å². The predicted octanol–water partition coefficient (Wildman–Crippen LogP) is 7.62. The molecule has 8 aliphatic rings. The van der Waals surface area contributed by atoms with Gasteiger partial charge in [-0.15, -0.1) is 0 Å². The molecule has 8 heterocycles. The summed E-state index contributed by atoms with van der Waals surface area (Å²) < 4.78 is 171. The van der Waals surface area contributed by atoms with Crippen molar-refractivity contribution in [1.29, 1.82) is 0 Å². The number of carbonyl (C=O) groups is 8. The van der Waals surface area contributed by atoms with Crippen molar-refractivity contribution < 1.29 is 133 Å². The average molecular weight is 1790 g/mol. The molecular weight excluding hydrogens is 1680 g/mol. The van der Waals surface area contributed by atoms with E-state index in [0.29, 0.717) is 85.4 Å². The fourth-order valence-corrected chi connectivity index (χ4v) is 18.5. The van der Waals surface area contributed by atoms with Crippen molar-refractivity contribution in [2.24, 2.45) is 22.7 Å². The molecule has 0 unspecified atom stereocenters. The summed E-state index contributed by atoms with van der Waals surface area (Å²) in [5.41, 5.74) is 1.12. The van der Waals surface area contributed by atoms with Gasteiger partial charge in [-0.2, -0.15) is 27.8 Å². The first-order valence-corrected chi connectivity index (χ1v) is 43.4. The second-order valence-electron chi connectivity index (χ2n) is 33.2. The number of alkyl halides is 4. The van der Waals surface area contributed by atoms with E-state index < -0.39 is 143 Å². The van der Waals surface area contributed by atoms with Crippen LogP contribution in [0.4, 0.5) is 26.3 Å². The molecule has 5 amide bonds. The van der Waals surface area contributed by atoms with E-state index in [0.717, 1.165) is 50.2 Å². The summed E-state index contributed by atoms with van der Waals surface area (Å²) in [5.74, 6) is -6.79. The number of carboxylic acids is 1. The maximum Gasteiger partial charge on any atom is 0.356 e. The van der Waals surface area contributed by atoms with Crippen LogP contribution in [0.3, 0.4) is 0 Å². The van der Waals surface area contributed by atoms with E-state index in [9.17, 15) is 81.5 Å². The normalized spacial score (nSPS) is 25.5. The molecule has 2 saturated heterocycles. The summed E-state index contributed by atoms with van der Waals surface area (Å²) in [6, 6.07) is 6.77. The van der Waals surface area contributed by atoms with Gasteiger partial charge in [-0.25, -0.2) is 49.7 Å². The summed E-state index contributed by atoms with van der Waals surface area (Å²) in [7, 11) is -5.31. The molecule has 0 spiro atoms. The van der Waals surface area contributed by atoms with Crippen LogP contribution in [0.15, 0.2) is 85.2 Å². The molecule has 4 aliphatic carbocycles. The van der Waals surface area contributed by atoms with Gasteiger partial charge in [0.25, 0.3) is 11.8 Å². The zero-order valence-electron chi connectivity index (χ0n) is 68.6. The molecule has 6 fully saturated rings. The van der Waals surface area contributed by atoms with Crippen LogP contribution in [-0.4, -0.2) is 194 Å². The lowest BCUT2D eigenvalue weighted by molar-refractivity contribution is -0.407. The lowest BCUT2D eigenvalue weighted by Crippen LogP contribution is -3.00. The number of carboxylic acid groups (broad SMARTS) is 1. The van der Waals surface area contributed by atoms with Gasteiger partial charge in [-0.05, 0) is 167 Å². The number of fused-ring (bicyclic) bond motifs is 6. The Balaban J connectivity index is 0.000000228. The number of methoxy groups -OCH3 is 2. The highest BCUT2D eigenvalue weighted by Gasteiger charge is 2.65. The number of Topliss-reactive ketones (excluding diaryl/α,β-unsaturated/α-hetero) is 2. The van der Waals surface area contributed by atoms with Crippen LogP contribution >= 0.6 is 0 Å². The minimum Gasteiger partial charge on any atom is -1.00 e. The number of nitrogens with one attached hydrogen (secondary N) is 3. The maximum atomic E-state index is 14.9. The first-order valence-electron chi connectivity index (χ1n) is 40.4. The third-order valence-corrected chi connectivity index (χ3v) is 27.9. The van der Waals surface area contributed by atoms with E-state index in [-0.39, 0.29) is 157 Å². The first-order chi connectivity index (χ1) is 57.2. The summed E-state index contributed by atoms with van der Waals surface area (Å²) >= 11 is 0. The van der Waals surface area contributed by atoms with E-state index in [4.69, 9.17) is 33.5 Å². The molecule has 14 rings (SSSR count). The fraction of sp³-hybridized carbons (Fsp3) is 0.566. The van der Waals surface area contributed by atoms with Crippen molar-refractivity contribution in [2.75, 3.05) is 27.3 Å². The van der Waals surface area contributed by atoms with Crippen molar-refractivity contribution in [1.82, 2.24) is 54.1 Å². The molecule has 0 radical (unpaired) electrons. The van der Waals surface area contributed by atoms with Crippen molar-refractivity contribution in [3.8, 4) is 34.8 Å². The van der Waals surface area contributed by atoms with Gasteiger partial charge in [0.05, 0.1) is 71.9 Å². The molecule has 672 valence electrons. The fourth-order valence-electron chi connectivity index (χ4n) is 15.8. The van der Waals surface area contributed by atoms with Crippen LogP contribution in [0.1, 0.15) is 211 Å². The van der Waals surface area contributed by atoms with E-state index >= 15 is 0 Å². The summed E-state index contributed by atoms with van der Waals surface area (Å²) in [6.45, 7) is 4.53. The van der Waals surface area contributed by atoms with Gasteiger partial charge in [0.15, 0.2) is 46.4 Å². The van der Waals surface area contributed by atoms with E-state index in [1.165, 1.54) is 54.4 Å². The standard InChI is InChI=1S/C41H49F3N6O9S.C36H47FN4O8S.C5H4F2N2O2.CH4.ClH/c1-23(2)58-33-19-32(26-12-13-27(42)35(57-4)34(26)46-33)59-25-18-30-31(51)21-41(38(54)48-60(55,56)40(3)15-16-40)20-24(41)10-8-6-5-7-9-11-29(37(53)49(30)22-25)45-36(52)28-14-17-50(47-28)39(43)44;1-21(2)48-30-17-29(24-12-13-25(37)32(47-4)31(24)39-30)49-23-16-27-28(42)19-36(34(44)40-50(45,46)35(3)14-15-35)18-22(36)10-8-6-5-7-9-11-26(38)33(43)41(27)20-23;6-5(7)9-2-1-3(8-9)4(10)11;;/h8,10,12-14,17,19,23-25,29-30,39H,5-7,9,11,15-16,18,20-22H2,1-4H3,(H,45,52)(H,48,54);8,10,12-13,17,21-23,26-27H,5-7,9,11,14-16,18-20,38H2,1-4H3,(H,40,44);1-2,5H,(H,10,11);1H4;1H/b2*10-8-;;;/t24-,25-,29+,30+,41-;22-,23-,26+,27+,36-;;;/m11.../s1. The largest absolute Gasteiger partial charge is 1.00 e. The molecule has 4 saturated carbocycles. The lowest BCUT2D eigenvalue weighted by Gasteiger charge is -2.29. The third-order valence-electron chi connectivity index (χ3n) is 23.6. The van der Waals surface area contributed by atoms with E-state index in [1.54, 1.807) is 33.8 Å². The molecule has 31 nitrogen and oxygen atoms in total. The highest BCUT2D eigenvalue weighted by molar-refractivity contribution is 7.92. The number of hydrogen-bond donors (Lipinski definition) is 5. The first kappa shape index (κ1) is 95.1. The monoisotopic (exact) mass is 1790 g/mol. The number of ketones is 2. The SMILES string of the molecule is C.COc1c(F)ccc2c(O[C@@H]3C[C@H]4C(=O)C[C@]5(C(=O)NS(=O)(=O)C6(C)CC6)C[C@H]5/C=C\CCCCC[C@H](NC(=O)c5ccn(C(F)F)n5)C(=O)N4C3)cc(OC(C)C)nc12.COc1c(F)ccc2c(O[C@@H]3C[C@H]4C(=O)C[C@]5(C(=O)NS(=O)(=O)C6(C)CC6)C[C@H]5/C=C\CCCCC[C@H]([NH3+])C(=O)N4C3)cc(OC(C)C)nc12.O=C(O)c1ccn(C(F)F)n1.[Cl-]. The van der Waals surface area contributed by atoms with Crippen LogP contribution in [0, 0.1) is 34.3 Å². The zero-order valence-corrected chi connectivity index (χ0v) is 71.0. The van der Waals surface area contributed by atoms with Gasteiger partial charge in [0, 0.05) is 67.4 Å². The zero-order chi connectivity index (χ0) is 87.6. The molecule has 6 aromatic rings. The number of ether oxygens (including phenoxy) is 6. The number of aromatic carboxylic acids is 1. The number of halogens is 7. The van der Waals surface area contributed by atoms with Crippen LogP contribution in [-0.2, 0) is 48.8 Å². The number of aromatic nitrogens is 6. The molecule has 123 heavy (non-hydrogen) atoms. The molecule has 7 N–H and O–H groups in total. The quantitative estimate of drug-likeness (QED) is 0.0341. The van der Waals surface area contributed by atoms with Crippen LogP contribution in [0.5, 0.6) is 34.8 Å². The van der Waals surface area contributed by atoms with Crippen molar-refractivity contribution in [3.63, 3.8) is 0 Å². The van der Waals surface area contributed by atoms with E-state index in [2.05, 4.69) is 40.7 Å². The number of nitrogens with zero attached hydrogens (tertiary/aromatic N) is 8. The molecule has 40 heteroatoms. The van der Waals surface area contributed by atoms with Crippen LogP contribution in [0.2, 0.25) is 0 Å². The van der Waals surface area contributed by atoms with Crippen molar-refractivity contribution in [2.45, 2.75) is 249 Å². The smallest absolute Gasteiger partial charge is 0.356 e. The number of allylic oxidation sites excluding steroid dienone is 4. The van der Waals surface area contributed by atoms with Gasteiger partial charge in [0.1, 0.15) is 46.5 Å². The Kier molecular flexibility index (Phi) is 29.8. The molecule has 0 bridgehead atoms. The average Bonchev–Trinajstić information content (AvgIpc) is 1.57. The van der Waals surface area contributed by atoms with Gasteiger partial charge in [0.2, 0.25) is 49.5 Å². The number of rotatable bonds is 21. The minimum absolute atomic E-state index is 0. The number of pyridine rings is 2. The number of benzene rings is 2. The number of quaternary nitrogens is 1. The predicted molar refractivity (Wildman–Crippen MR) is 430 cm³/mol. The summed E-state index contributed by atoms with van der Waals surface area (Å²) in [6.07, 6.45) is 15.8. The minimum atomic E-state index is -4.04. The molecule has 4 aliphatic heterocycles.